The molecule has 0 atom stereocenters. The number of rotatable bonds is 5. The number of aryl methyl sites for hydroxylation is 2. The normalized spacial score (nSPS) is 10.5. The second kappa shape index (κ2) is 8.83. The highest BCUT2D eigenvalue weighted by atomic mass is 32.1. The number of thiocarbonyl (C=S) groups is 1. The van der Waals surface area contributed by atoms with E-state index >= 15 is 0 Å². The monoisotopic (exact) mass is 412 g/mol. The number of hydrogen-bond acceptors (Lipinski definition) is 5. The fraction of sp³-hybridized carbons (Fsp3) is 0.190. The Morgan fingerprint density at radius 3 is 2.55 bits per heavy atom. The second-order valence-corrected chi connectivity index (χ2v) is 7.02. The Bertz CT molecular complexity index is 1020. The first-order valence-electron chi connectivity index (χ1n) is 8.95. The van der Waals surface area contributed by atoms with E-state index in [0.29, 0.717) is 34.9 Å². The van der Waals surface area contributed by atoms with Gasteiger partial charge in [0, 0.05) is 19.3 Å². The van der Waals surface area contributed by atoms with Crippen molar-refractivity contribution < 1.29 is 13.7 Å². The average molecular weight is 412 g/mol. The van der Waals surface area contributed by atoms with Crippen LogP contribution in [-0.2, 0) is 6.54 Å². The first-order valence-corrected chi connectivity index (χ1v) is 9.36. The molecule has 0 spiro atoms. The summed E-state index contributed by atoms with van der Waals surface area (Å²) in [7, 11) is 1.83. The number of nitrogens with zero attached hydrogens (tertiary/aromatic N) is 2. The van der Waals surface area contributed by atoms with E-state index in [2.05, 4.69) is 15.8 Å². The molecule has 0 unspecified atom stereocenters. The highest BCUT2D eigenvalue weighted by Crippen LogP contribution is 2.23. The van der Waals surface area contributed by atoms with Crippen molar-refractivity contribution in [3.8, 4) is 0 Å². The Morgan fingerprint density at radius 1 is 1.21 bits per heavy atom. The van der Waals surface area contributed by atoms with Gasteiger partial charge in [0.05, 0.1) is 11.4 Å². The smallest absolute Gasteiger partial charge is 0.262 e. The third kappa shape index (κ3) is 4.97. The quantitative estimate of drug-likeness (QED) is 0.613. The predicted octanol–water partition coefficient (Wildman–Crippen LogP) is 4.19. The molecule has 2 N–H and O–H groups in total. The largest absolute Gasteiger partial charge is 0.368 e. The average Bonchev–Trinajstić information content (AvgIpc) is 3.00. The summed E-state index contributed by atoms with van der Waals surface area (Å²) in [4.78, 5) is 14.1. The van der Waals surface area contributed by atoms with E-state index < -0.39 is 11.7 Å². The summed E-state index contributed by atoms with van der Waals surface area (Å²) in [5.74, 6) is -0.425. The molecule has 6 nitrogen and oxygen atoms in total. The molecule has 1 heterocycles. The molecule has 1 aromatic heterocycles. The number of nitrogens with one attached hydrogen (secondary N) is 2. The highest BCUT2D eigenvalue weighted by molar-refractivity contribution is 7.80. The van der Waals surface area contributed by atoms with Gasteiger partial charge in [0.25, 0.3) is 5.91 Å². The van der Waals surface area contributed by atoms with Gasteiger partial charge in [-0.3, -0.25) is 10.1 Å². The molecule has 29 heavy (non-hydrogen) atoms. The van der Waals surface area contributed by atoms with E-state index in [4.69, 9.17) is 16.7 Å². The number of carbonyl (C=O) groups is 1. The van der Waals surface area contributed by atoms with Crippen LogP contribution >= 0.6 is 12.2 Å². The molecule has 0 saturated carbocycles. The van der Waals surface area contributed by atoms with Crippen molar-refractivity contribution in [3.05, 3.63) is 76.9 Å². The topological polar surface area (TPSA) is 70.4 Å². The molecule has 3 rings (SSSR count). The van der Waals surface area contributed by atoms with Crippen LogP contribution in [0, 0.1) is 19.7 Å². The Hall–Kier alpha value is -3.26. The summed E-state index contributed by atoms with van der Waals surface area (Å²) in [6.45, 7) is 3.89. The molecule has 3 aromatic rings. The maximum absolute atomic E-state index is 14.6. The van der Waals surface area contributed by atoms with E-state index in [1.54, 1.807) is 26.0 Å². The zero-order valence-electron chi connectivity index (χ0n) is 16.3. The van der Waals surface area contributed by atoms with Gasteiger partial charge in [-0.1, -0.05) is 35.5 Å². The van der Waals surface area contributed by atoms with Crippen LogP contribution in [0.4, 0.5) is 15.8 Å². The van der Waals surface area contributed by atoms with Crippen molar-refractivity contribution in [3.63, 3.8) is 0 Å². The number of carbonyl (C=O) groups excluding carboxylic acids is 1. The predicted molar refractivity (Wildman–Crippen MR) is 115 cm³/mol. The zero-order valence-corrected chi connectivity index (χ0v) is 17.1. The van der Waals surface area contributed by atoms with Crippen LogP contribution in [0.15, 0.2) is 53.1 Å². The Labute approximate surface area is 173 Å². The van der Waals surface area contributed by atoms with Crippen LogP contribution in [0.25, 0.3) is 0 Å². The van der Waals surface area contributed by atoms with Crippen LogP contribution in [0.3, 0.4) is 0 Å². The number of anilines is 2. The van der Waals surface area contributed by atoms with Crippen LogP contribution < -0.4 is 15.5 Å². The fourth-order valence-electron chi connectivity index (χ4n) is 2.97. The standard InChI is InChI=1S/C21H21FN4O2S/c1-13-19(14(2)28-25-13)20(27)24-21(29)23-16-9-10-18(17(22)11-16)26(3)12-15-7-5-4-6-8-15/h4-11H,12H2,1-3H3,(H2,23,24,27,29). The van der Waals surface area contributed by atoms with Gasteiger partial charge in [-0.2, -0.15) is 0 Å². The summed E-state index contributed by atoms with van der Waals surface area (Å²) < 4.78 is 19.6. The van der Waals surface area contributed by atoms with E-state index in [0.717, 1.165) is 5.56 Å². The summed E-state index contributed by atoms with van der Waals surface area (Å²) in [5.41, 5.74) is 2.78. The lowest BCUT2D eigenvalue weighted by Gasteiger charge is -2.21. The lowest BCUT2D eigenvalue weighted by molar-refractivity contribution is 0.0976. The van der Waals surface area contributed by atoms with Crippen LogP contribution in [0.5, 0.6) is 0 Å². The molecule has 0 bridgehead atoms. The molecule has 150 valence electrons. The van der Waals surface area contributed by atoms with Gasteiger partial charge in [-0.15, -0.1) is 0 Å². The Morgan fingerprint density at radius 2 is 1.93 bits per heavy atom. The van der Waals surface area contributed by atoms with Gasteiger partial charge in [0.15, 0.2) is 5.11 Å². The minimum absolute atomic E-state index is 0.0554. The minimum Gasteiger partial charge on any atom is -0.368 e. The van der Waals surface area contributed by atoms with Gasteiger partial charge in [-0.25, -0.2) is 4.39 Å². The van der Waals surface area contributed by atoms with Gasteiger partial charge >= 0.3 is 0 Å². The number of aromatic nitrogens is 1. The molecule has 0 aliphatic heterocycles. The zero-order chi connectivity index (χ0) is 21.0. The number of hydrogen-bond donors (Lipinski definition) is 2. The van der Waals surface area contributed by atoms with Crippen LogP contribution in [0.1, 0.15) is 27.4 Å². The molecule has 0 fully saturated rings. The third-order valence-electron chi connectivity index (χ3n) is 4.37. The summed E-state index contributed by atoms with van der Waals surface area (Å²) in [6, 6.07) is 14.5. The number of amides is 1. The third-order valence-corrected chi connectivity index (χ3v) is 4.57. The highest BCUT2D eigenvalue weighted by Gasteiger charge is 2.18. The van der Waals surface area contributed by atoms with Crippen molar-refractivity contribution in [2.45, 2.75) is 20.4 Å². The number of benzene rings is 2. The summed E-state index contributed by atoms with van der Waals surface area (Å²) in [5, 5.41) is 9.17. The van der Waals surface area contributed by atoms with E-state index in [-0.39, 0.29) is 5.11 Å². The van der Waals surface area contributed by atoms with Crippen molar-refractivity contribution in [1.29, 1.82) is 0 Å². The molecule has 1 amide bonds. The molecule has 0 aliphatic carbocycles. The lowest BCUT2D eigenvalue weighted by Crippen LogP contribution is -2.34. The molecule has 2 aromatic carbocycles. The van der Waals surface area contributed by atoms with E-state index in [1.807, 2.05) is 42.3 Å². The minimum atomic E-state index is -0.432. The van der Waals surface area contributed by atoms with Crippen molar-refractivity contribution >= 4 is 34.6 Å². The first kappa shape index (κ1) is 20.5. The van der Waals surface area contributed by atoms with E-state index in [1.165, 1.54) is 6.07 Å². The molecule has 0 saturated heterocycles. The second-order valence-electron chi connectivity index (χ2n) is 6.62. The van der Waals surface area contributed by atoms with Crippen LogP contribution in [-0.4, -0.2) is 23.2 Å². The summed E-state index contributed by atoms with van der Waals surface area (Å²) >= 11 is 5.16. The number of halogens is 1. The van der Waals surface area contributed by atoms with Gasteiger partial charge in [-0.05, 0) is 49.8 Å². The molecule has 0 radical (unpaired) electrons. The fourth-order valence-corrected chi connectivity index (χ4v) is 3.18. The maximum Gasteiger partial charge on any atom is 0.262 e. The van der Waals surface area contributed by atoms with Gasteiger partial charge in [0.1, 0.15) is 17.1 Å². The van der Waals surface area contributed by atoms with E-state index in [9.17, 15) is 9.18 Å². The van der Waals surface area contributed by atoms with Crippen molar-refractivity contribution in [1.82, 2.24) is 10.5 Å². The molecular formula is C21H21FN4O2S. The molecular weight excluding hydrogens is 391 g/mol. The maximum atomic E-state index is 14.6. The van der Waals surface area contributed by atoms with Crippen LogP contribution in [0.2, 0.25) is 0 Å². The molecule has 8 heteroatoms. The Balaban J connectivity index is 1.64. The lowest BCUT2D eigenvalue weighted by atomic mass is 10.2. The van der Waals surface area contributed by atoms with Gasteiger partial charge in [0.2, 0.25) is 0 Å². The molecule has 0 aliphatic rings. The summed E-state index contributed by atoms with van der Waals surface area (Å²) in [6.07, 6.45) is 0. The van der Waals surface area contributed by atoms with Crippen molar-refractivity contribution in [2.75, 3.05) is 17.3 Å². The van der Waals surface area contributed by atoms with Crippen molar-refractivity contribution in [2.24, 2.45) is 0 Å². The SMILES string of the molecule is Cc1noc(C)c1C(=O)NC(=S)Nc1ccc(N(C)Cc2ccccc2)c(F)c1. The van der Waals surface area contributed by atoms with Gasteiger partial charge < -0.3 is 14.7 Å². The Kier molecular flexibility index (Phi) is 6.23. The first-order chi connectivity index (χ1) is 13.8.